The van der Waals surface area contributed by atoms with E-state index < -0.39 is 5.97 Å². The van der Waals surface area contributed by atoms with E-state index in [2.05, 4.69) is 57.8 Å². The molecule has 240 valence electrons. The van der Waals surface area contributed by atoms with Crippen LogP contribution in [0, 0.1) is 5.41 Å². The maximum absolute atomic E-state index is 12.4. The highest BCUT2D eigenvalue weighted by Crippen LogP contribution is 2.44. The van der Waals surface area contributed by atoms with Crippen LogP contribution in [-0.2, 0) is 0 Å². The predicted molar refractivity (Wildman–Crippen MR) is 191 cm³/mol. The average Bonchev–Trinajstić information content (AvgIpc) is 3.41. The van der Waals surface area contributed by atoms with Crippen LogP contribution in [0.3, 0.4) is 0 Å². The topological polar surface area (TPSA) is 75.7 Å². The van der Waals surface area contributed by atoms with Gasteiger partial charge in [-0.3, -0.25) is 4.90 Å². The highest BCUT2D eigenvalue weighted by molar-refractivity contribution is 7.99. The molecule has 0 amide bonds. The normalized spacial score (nSPS) is 18.9. The summed E-state index contributed by atoms with van der Waals surface area (Å²) in [5.74, 6) is 0.0432. The number of nitrogens with zero attached hydrogens (tertiary/aromatic N) is 4. The number of halogens is 1. The van der Waals surface area contributed by atoms with E-state index in [1.807, 2.05) is 30.5 Å². The maximum atomic E-state index is 12.4. The number of carbonyl (C=O) groups is 1. The molecule has 46 heavy (non-hydrogen) atoms. The Balaban J connectivity index is 1.07. The highest BCUT2D eigenvalue weighted by atomic mass is 35.5. The van der Waals surface area contributed by atoms with Gasteiger partial charge in [0.2, 0.25) is 0 Å². The van der Waals surface area contributed by atoms with Gasteiger partial charge in [-0.05, 0) is 91.1 Å². The molecule has 9 heteroatoms. The molecule has 0 radical (unpaired) electrons. The minimum atomic E-state index is -0.904. The Bertz CT molecular complexity index is 1770. The molecule has 7 nitrogen and oxygen atoms in total. The Labute approximate surface area is 280 Å². The lowest BCUT2D eigenvalue weighted by molar-refractivity contribution is 0.0697. The van der Waals surface area contributed by atoms with Crippen LogP contribution in [0.1, 0.15) is 61.9 Å². The Morgan fingerprint density at radius 1 is 1.02 bits per heavy atom. The molecule has 1 aliphatic carbocycles. The van der Waals surface area contributed by atoms with Gasteiger partial charge in [0.05, 0.1) is 16.9 Å². The van der Waals surface area contributed by atoms with Gasteiger partial charge in [0.1, 0.15) is 10.7 Å². The quantitative estimate of drug-likeness (QED) is 0.206. The molecule has 4 heterocycles. The van der Waals surface area contributed by atoms with E-state index in [1.54, 1.807) is 23.4 Å². The molecule has 0 unspecified atom stereocenters. The van der Waals surface area contributed by atoms with Crippen molar-refractivity contribution < 1.29 is 9.90 Å². The number of anilines is 3. The van der Waals surface area contributed by atoms with E-state index in [0.717, 1.165) is 109 Å². The van der Waals surface area contributed by atoms with E-state index in [9.17, 15) is 9.90 Å². The number of aromatic nitrogens is 2. The Morgan fingerprint density at radius 2 is 1.83 bits per heavy atom. The first-order chi connectivity index (χ1) is 22.2. The first-order valence-corrected chi connectivity index (χ1v) is 17.8. The van der Waals surface area contributed by atoms with Gasteiger partial charge in [0.25, 0.3) is 0 Å². The SMILES string of the molecule is CC1(C)CCC(CCN2CCN(c3ccc(C(=O)O)c(N4CCCSc5nc6[nH]ccc6cc54)c3)CC2)=C(c2ccc(Cl)cc2)C1. The fraction of sp³-hybridized carbons (Fsp3) is 0.405. The van der Waals surface area contributed by atoms with Crippen LogP contribution >= 0.6 is 23.4 Å². The van der Waals surface area contributed by atoms with Crippen molar-refractivity contribution in [3.05, 3.63) is 82.5 Å². The maximum Gasteiger partial charge on any atom is 0.337 e. The summed E-state index contributed by atoms with van der Waals surface area (Å²) in [7, 11) is 0. The minimum absolute atomic E-state index is 0.318. The lowest BCUT2D eigenvalue weighted by Gasteiger charge is -2.38. The summed E-state index contributed by atoms with van der Waals surface area (Å²) in [5.41, 5.74) is 8.74. The molecule has 7 rings (SSSR count). The summed E-state index contributed by atoms with van der Waals surface area (Å²) in [4.78, 5) is 27.7. The largest absolute Gasteiger partial charge is 0.478 e. The zero-order chi connectivity index (χ0) is 31.8. The van der Waals surface area contributed by atoms with Crippen LogP contribution in [0.2, 0.25) is 5.02 Å². The molecule has 0 saturated carbocycles. The fourth-order valence-corrected chi connectivity index (χ4v) is 8.29. The Kier molecular flexibility index (Phi) is 8.79. The van der Waals surface area contributed by atoms with Crippen molar-refractivity contribution in [1.82, 2.24) is 14.9 Å². The lowest BCUT2D eigenvalue weighted by atomic mass is 9.72. The third-order valence-corrected chi connectivity index (χ3v) is 11.2. The van der Waals surface area contributed by atoms with E-state index in [0.29, 0.717) is 11.0 Å². The number of carboxylic acid groups (broad SMARTS) is 1. The van der Waals surface area contributed by atoms with Crippen molar-refractivity contribution in [1.29, 1.82) is 0 Å². The number of fused-ring (bicyclic) bond motifs is 2. The molecule has 2 aliphatic heterocycles. The van der Waals surface area contributed by atoms with Gasteiger partial charge in [-0.2, -0.15) is 0 Å². The molecular weight excluding hydrogens is 614 g/mol. The van der Waals surface area contributed by atoms with Crippen molar-refractivity contribution in [3.8, 4) is 0 Å². The van der Waals surface area contributed by atoms with Crippen LogP contribution < -0.4 is 9.80 Å². The summed E-state index contributed by atoms with van der Waals surface area (Å²) >= 11 is 7.96. The minimum Gasteiger partial charge on any atom is -0.478 e. The molecule has 1 saturated heterocycles. The van der Waals surface area contributed by atoms with Crippen molar-refractivity contribution in [2.24, 2.45) is 5.41 Å². The van der Waals surface area contributed by atoms with Gasteiger partial charge < -0.3 is 19.9 Å². The van der Waals surface area contributed by atoms with Gasteiger partial charge in [-0.1, -0.05) is 43.2 Å². The first-order valence-electron chi connectivity index (χ1n) is 16.4. The summed E-state index contributed by atoms with van der Waals surface area (Å²) in [6.07, 6.45) is 7.45. The third-order valence-electron chi connectivity index (χ3n) is 9.88. The second-order valence-corrected chi connectivity index (χ2v) is 15.1. The molecular formula is C37H42ClN5O2S. The number of hydrogen-bond donors (Lipinski definition) is 2. The smallest absolute Gasteiger partial charge is 0.337 e. The van der Waals surface area contributed by atoms with Gasteiger partial charge in [0.15, 0.2) is 0 Å². The second kappa shape index (κ2) is 13.0. The number of H-pyrrole nitrogens is 1. The number of nitrogens with one attached hydrogen (secondary N) is 1. The molecule has 2 N–H and O–H groups in total. The summed E-state index contributed by atoms with van der Waals surface area (Å²) in [6, 6.07) is 18.4. The van der Waals surface area contributed by atoms with Crippen LogP contribution in [0.4, 0.5) is 17.1 Å². The van der Waals surface area contributed by atoms with E-state index in [4.69, 9.17) is 16.6 Å². The number of thioether (sulfide) groups is 1. The molecule has 4 aromatic rings. The van der Waals surface area contributed by atoms with Crippen LogP contribution in [-0.4, -0.2) is 71.0 Å². The second-order valence-electron chi connectivity index (χ2n) is 13.6. The number of benzene rings is 2. The number of allylic oxidation sites excluding steroid dienone is 1. The third kappa shape index (κ3) is 6.53. The molecule has 2 aromatic carbocycles. The number of aromatic amines is 1. The van der Waals surface area contributed by atoms with Crippen molar-refractivity contribution >= 4 is 63.0 Å². The van der Waals surface area contributed by atoms with Gasteiger partial charge in [-0.25, -0.2) is 9.78 Å². The summed E-state index contributed by atoms with van der Waals surface area (Å²) < 4.78 is 0. The molecule has 1 fully saturated rings. The monoisotopic (exact) mass is 655 g/mol. The molecule has 2 aromatic heterocycles. The predicted octanol–water partition coefficient (Wildman–Crippen LogP) is 8.72. The average molecular weight is 656 g/mol. The van der Waals surface area contributed by atoms with Gasteiger partial charge >= 0.3 is 5.97 Å². The summed E-state index contributed by atoms with van der Waals surface area (Å²) in [5, 5.41) is 13.0. The van der Waals surface area contributed by atoms with E-state index in [1.165, 1.54) is 17.6 Å². The number of piperazine rings is 1. The lowest BCUT2D eigenvalue weighted by Crippen LogP contribution is -2.46. The standard InChI is InChI=1S/C37H42ClN5O2S/c1-37(2)13-10-26(31(24-37)25-4-6-28(38)7-5-25)12-16-41-17-19-42(20-18-41)29-8-9-30(36(44)45)32(23-29)43-15-3-21-46-35-33(43)22-27-11-14-39-34(27)40-35/h4-9,11,14,22-23H,3,10,12-13,15-21,24H2,1-2H3,(H,39,40)(H,44,45). The Morgan fingerprint density at radius 3 is 2.61 bits per heavy atom. The number of pyridine rings is 1. The van der Waals surface area contributed by atoms with Gasteiger partial charge in [0, 0.05) is 67.3 Å². The van der Waals surface area contributed by atoms with Crippen LogP contribution in [0.15, 0.2) is 71.4 Å². The van der Waals surface area contributed by atoms with E-state index >= 15 is 0 Å². The molecule has 0 spiro atoms. The number of carboxylic acids is 1. The Hall–Kier alpha value is -3.46. The van der Waals surface area contributed by atoms with E-state index in [-0.39, 0.29) is 0 Å². The highest BCUT2D eigenvalue weighted by Gasteiger charge is 2.29. The fourth-order valence-electron chi connectivity index (χ4n) is 7.22. The molecule has 0 bridgehead atoms. The number of aromatic carboxylic acids is 1. The van der Waals surface area contributed by atoms with Crippen molar-refractivity contribution in [2.45, 2.75) is 51.0 Å². The number of rotatable bonds is 7. The van der Waals surface area contributed by atoms with Gasteiger partial charge in [-0.15, -0.1) is 11.8 Å². The molecule has 0 atom stereocenters. The van der Waals surface area contributed by atoms with Crippen LogP contribution in [0.5, 0.6) is 0 Å². The van der Waals surface area contributed by atoms with Crippen molar-refractivity contribution in [2.75, 3.05) is 54.8 Å². The van der Waals surface area contributed by atoms with Crippen LogP contribution in [0.25, 0.3) is 16.6 Å². The first kappa shape index (κ1) is 31.2. The zero-order valence-corrected chi connectivity index (χ0v) is 28.3. The number of hydrogen-bond acceptors (Lipinski definition) is 6. The molecule has 3 aliphatic rings. The van der Waals surface area contributed by atoms with Crippen molar-refractivity contribution in [3.63, 3.8) is 0 Å². The zero-order valence-electron chi connectivity index (χ0n) is 26.7. The summed E-state index contributed by atoms with van der Waals surface area (Å²) in [6.45, 7) is 10.4.